The van der Waals surface area contributed by atoms with Crippen molar-refractivity contribution in [2.24, 2.45) is 5.41 Å². The number of aryl methyl sites for hydroxylation is 2. The van der Waals surface area contributed by atoms with E-state index in [9.17, 15) is 31.1 Å². The van der Waals surface area contributed by atoms with Crippen LogP contribution in [0.25, 0.3) is 0 Å². The monoisotopic (exact) mass is 342 g/mol. The van der Waals surface area contributed by atoms with Crippen molar-refractivity contribution in [3.63, 3.8) is 0 Å². The summed E-state index contributed by atoms with van der Waals surface area (Å²) in [6.07, 6.45) is -13.1. The van der Waals surface area contributed by atoms with Crippen LogP contribution in [0.3, 0.4) is 0 Å². The summed E-state index contributed by atoms with van der Waals surface area (Å²) in [5.74, 6) is -2.64. The van der Waals surface area contributed by atoms with Gasteiger partial charge in [-0.25, -0.2) is 0 Å². The molecule has 2 nitrogen and oxygen atoms in total. The van der Waals surface area contributed by atoms with Crippen LogP contribution in [0.1, 0.15) is 30.0 Å². The number of carbonyl (C=O) groups is 1. The fourth-order valence-corrected chi connectivity index (χ4v) is 2.20. The topological polar surface area (TPSA) is 26.3 Å². The molecule has 1 aromatic carbocycles. The van der Waals surface area contributed by atoms with Crippen molar-refractivity contribution in [2.45, 2.75) is 46.5 Å². The Labute approximate surface area is 129 Å². The van der Waals surface area contributed by atoms with Crippen LogP contribution in [0, 0.1) is 26.2 Å². The average Bonchev–Trinajstić information content (AvgIpc) is 2.37. The molecule has 0 aliphatic carbocycles. The predicted octanol–water partition coefficient (Wildman–Crippen LogP) is 5.04. The Morgan fingerprint density at radius 3 is 1.78 bits per heavy atom. The molecule has 0 saturated heterocycles. The Bertz CT molecular complexity index is 587. The van der Waals surface area contributed by atoms with Gasteiger partial charge in [-0.1, -0.05) is 19.1 Å². The van der Waals surface area contributed by atoms with Crippen LogP contribution in [0.2, 0.25) is 0 Å². The summed E-state index contributed by atoms with van der Waals surface area (Å²) in [5.41, 5.74) is -3.38. The zero-order chi connectivity index (χ0) is 18.2. The van der Waals surface area contributed by atoms with Crippen molar-refractivity contribution >= 4 is 5.97 Å². The van der Waals surface area contributed by atoms with E-state index in [1.54, 1.807) is 13.0 Å². The van der Waals surface area contributed by atoms with Crippen LogP contribution in [0.15, 0.2) is 12.1 Å². The molecule has 0 unspecified atom stereocenters. The highest BCUT2D eigenvalue weighted by Crippen LogP contribution is 2.53. The van der Waals surface area contributed by atoms with Gasteiger partial charge in [-0.05, 0) is 43.9 Å². The quantitative estimate of drug-likeness (QED) is 0.437. The molecule has 0 fully saturated rings. The molecule has 0 aliphatic heterocycles. The zero-order valence-electron chi connectivity index (χ0n) is 12.9. The fourth-order valence-electron chi connectivity index (χ4n) is 2.20. The van der Waals surface area contributed by atoms with E-state index in [0.29, 0.717) is 18.1 Å². The summed E-state index contributed by atoms with van der Waals surface area (Å²) in [4.78, 5) is 11.9. The van der Waals surface area contributed by atoms with Crippen LogP contribution >= 0.6 is 0 Å². The predicted molar refractivity (Wildman–Crippen MR) is 71.1 cm³/mol. The van der Waals surface area contributed by atoms with Gasteiger partial charge in [-0.2, -0.15) is 26.3 Å². The second kappa shape index (κ2) is 6.05. The summed E-state index contributed by atoms with van der Waals surface area (Å²) in [5, 5.41) is 0. The van der Waals surface area contributed by atoms with Gasteiger partial charge in [0.1, 0.15) is 5.75 Å². The number of carbonyl (C=O) groups excluding carboxylic acids is 1. The molecule has 0 heterocycles. The molecule has 0 saturated carbocycles. The lowest BCUT2D eigenvalue weighted by molar-refractivity contribution is -0.330. The van der Waals surface area contributed by atoms with Gasteiger partial charge in [0.15, 0.2) is 0 Å². The number of rotatable bonds is 3. The Morgan fingerprint density at radius 2 is 1.39 bits per heavy atom. The first kappa shape index (κ1) is 19.3. The highest BCUT2D eigenvalue weighted by molar-refractivity contribution is 5.82. The molecule has 8 heteroatoms. The summed E-state index contributed by atoms with van der Waals surface area (Å²) >= 11 is 0. The molecular weight excluding hydrogens is 326 g/mol. The SMILES string of the molecule is CCC(C(=O)Oc1c(C)ccc(C)c1C)(C(F)(F)F)C(F)(F)F. The van der Waals surface area contributed by atoms with E-state index in [1.807, 2.05) is 0 Å². The molecule has 0 aromatic heterocycles. The van der Waals surface area contributed by atoms with Gasteiger partial charge in [-0.3, -0.25) is 4.79 Å². The molecule has 0 aliphatic rings. The third-order valence-electron chi connectivity index (χ3n) is 3.91. The van der Waals surface area contributed by atoms with E-state index in [-0.39, 0.29) is 11.3 Å². The second-order valence-corrected chi connectivity index (χ2v) is 5.30. The maximum absolute atomic E-state index is 13.1. The van der Waals surface area contributed by atoms with Crippen molar-refractivity contribution in [1.82, 2.24) is 0 Å². The molecular formula is C15H16F6O2. The number of halogens is 6. The minimum Gasteiger partial charge on any atom is -0.425 e. The smallest absolute Gasteiger partial charge is 0.413 e. The minimum atomic E-state index is -5.82. The highest BCUT2D eigenvalue weighted by atomic mass is 19.4. The van der Waals surface area contributed by atoms with Gasteiger partial charge in [-0.15, -0.1) is 0 Å². The molecule has 130 valence electrons. The van der Waals surface area contributed by atoms with E-state index in [1.165, 1.54) is 19.9 Å². The summed E-state index contributed by atoms with van der Waals surface area (Å²) in [7, 11) is 0. The Balaban J connectivity index is 3.43. The van der Waals surface area contributed by atoms with Gasteiger partial charge in [0, 0.05) is 0 Å². The zero-order valence-corrected chi connectivity index (χ0v) is 12.9. The van der Waals surface area contributed by atoms with Crippen molar-refractivity contribution < 1.29 is 35.9 Å². The van der Waals surface area contributed by atoms with Crippen molar-refractivity contribution in [2.75, 3.05) is 0 Å². The minimum absolute atomic E-state index is 0.274. The van der Waals surface area contributed by atoms with E-state index >= 15 is 0 Å². The first-order valence-corrected chi connectivity index (χ1v) is 6.72. The lowest BCUT2D eigenvalue weighted by Crippen LogP contribution is -2.56. The molecule has 1 aromatic rings. The number of esters is 1. The number of hydrogen-bond donors (Lipinski definition) is 0. The average molecular weight is 342 g/mol. The summed E-state index contributed by atoms with van der Waals surface area (Å²) in [6.45, 7) is 5.15. The van der Waals surface area contributed by atoms with Crippen LogP contribution in [0.5, 0.6) is 5.75 Å². The molecule has 0 atom stereocenters. The highest BCUT2D eigenvalue weighted by Gasteiger charge is 2.75. The number of benzene rings is 1. The Morgan fingerprint density at radius 1 is 0.957 bits per heavy atom. The first-order valence-electron chi connectivity index (χ1n) is 6.72. The van der Waals surface area contributed by atoms with Crippen LogP contribution in [-0.4, -0.2) is 18.3 Å². The van der Waals surface area contributed by atoms with E-state index in [4.69, 9.17) is 0 Å². The summed E-state index contributed by atoms with van der Waals surface area (Å²) < 4.78 is 83.1. The van der Waals surface area contributed by atoms with Crippen molar-refractivity contribution in [3.05, 3.63) is 28.8 Å². The van der Waals surface area contributed by atoms with Crippen molar-refractivity contribution in [3.8, 4) is 5.75 Å². The lowest BCUT2D eigenvalue weighted by Gasteiger charge is -2.34. The maximum Gasteiger partial charge on any atom is 0.413 e. The van der Waals surface area contributed by atoms with Crippen molar-refractivity contribution in [1.29, 1.82) is 0 Å². The van der Waals surface area contributed by atoms with E-state index < -0.39 is 30.2 Å². The van der Waals surface area contributed by atoms with Gasteiger partial charge in [0.05, 0.1) is 0 Å². The van der Waals surface area contributed by atoms with Gasteiger partial charge < -0.3 is 4.74 Å². The van der Waals surface area contributed by atoms with E-state index in [2.05, 4.69) is 4.74 Å². The number of alkyl halides is 6. The van der Waals surface area contributed by atoms with E-state index in [0.717, 1.165) is 0 Å². The first-order chi connectivity index (χ1) is 10.3. The normalized spacial score (nSPS) is 13.1. The van der Waals surface area contributed by atoms with Crippen LogP contribution in [-0.2, 0) is 4.79 Å². The second-order valence-electron chi connectivity index (χ2n) is 5.30. The molecule has 0 bridgehead atoms. The third-order valence-corrected chi connectivity index (χ3v) is 3.91. The summed E-state index contributed by atoms with van der Waals surface area (Å²) in [6, 6.07) is 3.09. The molecule has 0 radical (unpaired) electrons. The molecule has 23 heavy (non-hydrogen) atoms. The van der Waals surface area contributed by atoms with Crippen LogP contribution in [0.4, 0.5) is 26.3 Å². The Hall–Kier alpha value is -1.73. The number of ether oxygens (including phenoxy) is 1. The van der Waals surface area contributed by atoms with Gasteiger partial charge in [0.2, 0.25) is 0 Å². The van der Waals surface area contributed by atoms with Crippen LogP contribution < -0.4 is 4.74 Å². The molecule has 0 amide bonds. The fraction of sp³-hybridized carbons (Fsp3) is 0.533. The lowest BCUT2D eigenvalue weighted by atomic mass is 9.83. The largest absolute Gasteiger partial charge is 0.425 e. The number of hydrogen-bond acceptors (Lipinski definition) is 2. The standard InChI is InChI=1S/C15H16F6O2/c1-5-13(14(16,17)18,15(19,20)21)12(22)23-11-9(3)7-6-8(2)10(11)4/h6-7H,5H2,1-4H3. The van der Waals surface area contributed by atoms with Gasteiger partial charge in [0.25, 0.3) is 5.41 Å². The molecule has 0 N–H and O–H groups in total. The van der Waals surface area contributed by atoms with Gasteiger partial charge >= 0.3 is 18.3 Å². The molecule has 0 spiro atoms. The Kier molecular flexibility index (Phi) is 5.08. The molecule has 1 rings (SSSR count). The maximum atomic E-state index is 13.1. The third kappa shape index (κ3) is 3.16.